The van der Waals surface area contributed by atoms with Crippen LogP contribution in [0.25, 0.3) is 11.0 Å². The molecule has 2 amide bonds. The van der Waals surface area contributed by atoms with Crippen LogP contribution in [0.15, 0.2) is 30.5 Å². The number of hydrogen-bond donors (Lipinski definition) is 4. The number of pyridine rings is 1. The van der Waals surface area contributed by atoms with Gasteiger partial charge < -0.3 is 30.7 Å². The Bertz CT molecular complexity index is 1420. The average molecular weight is 664 g/mol. The number of nitrogens with zero attached hydrogens (tertiary/aromatic N) is 4. The molecule has 4 N–H and O–H groups in total. The summed E-state index contributed by atoms with van der Waals surface area (Å²) in [7, 11) is 2.05. The molecule has 1 aliphatic rings. The third-order valence-electron chi connectivity index (χ3n) is 9.21. The van der Waals surface area contributed by atoms with Crippen LogP contribution in [-0.2, 0) is 29.0 Å². The summed E-state index contributed by atoms with van der Waals surface area (Å²) in [5.74, 6) is -0.171. The molecular formula is C37H57N7O4. The Morgan fingerprint density at radius 3 is 2.33 bits per heavy atom. The van der Waals surface area contributed by atoms with Gasteiger partial charge in [-0.1, -0.05) is 45.4 Å². The maximum Gasteiger partial charge on any atom is 0.251 e. The van der Waals surface area contributed by atoms with Crippen molar-refractivity contribution in [2.24, 2.45) is 0 Å². The molecule has 1 aliphatic heterocycles. The number of aryl methyl sites for hydroxylation is 2. The van der Waals surface area contributed by atoms with E-state index in [2.05, 4.69) is 46.8 Å². The third-order valence-corrected chi connectivity index (χ3v) is 9.21. The fourth-order valence-corrected chi connectivity index (χ4v) is 6.31. The standard InChI is InChI=1S/C37H57N7O4/c1-4-33-31(35(41-30-19-24-48-25-20-30)32-27-39-44(5-2)36(32)42-33)26-38-37(47)28-15-17-29(18-16-28)40-34(46)14-12-10-8-6-7-9-11-13-21-43(3)22-23-45/h15-18,27,30,45H,4-14,19-26H2,1-3H3,(H,38,47)(H,40,46)(H,41,42). The molecule has 0 saturated carbocycles. The molecule has 2 aromatic heterocycles. The second kappa shape index (κ2) is 20.1. The van der Waals surface area contributed by atoms with Gasteiger partial charge in [0.2, 0.25) is 5.91 Å². The summed E-state index contributed by atoms with van der Waals surface area (Å²) >= 11 is 0. The van der Waals surface area contributed by atoms with Crippen LogP contribution in [0.5, 0.6) is 0 Å². The first-order valence-electron chi connectivity index (χ1n) is 18.1. The molecule has 0 bridgehead atoms. The number of aliphatic hydroxyl groups is 1. The number of amides is 2. The van der Waals surface area contributed by atoms with E-state index in [1.54, 1.807) is 24.3 Å². The minimum Gasteiger partial charge on any atom is -0.395 e. The van der Waals surface area contributed by atoms with Crippen LogP contribution < -0.4 is 16.0 Å². The SMILES string of the molecule is CCc1nc2c(cnn2CC)c(NC2CCOCC2)c1CNC(=O)c1ccc(NC(=O)CCCCCCCCCCN(C)CCO)cc1. The van der Waals surface area contributed by atoms with Gasteiger partial charge in [-0.05, 0) is 76.9 Å². The fraction of sp³-hybridized carbons (Fsp3) is 0.622. The predicted molar refractivity (Wildman–Crippen MR) is 192 cm³/mol. The van der Waals surface area contributed by atoms with Gasteiger partial charge in [-0.3, -0.25) is 9.59 Å². The molecule has 1 aromatic carbocycles. The van der Waals surface area contributed by atoms with E-state index < -0.39 is 0 Å². The van der Waals surface area contributed by atoms with Crippen LogP contribution >= 0.6 is 0 Å². The van der Waals surface area contributed by atoms with Crippen LogP contribution in [-0.4, -0.2) is 82.6 Å². The van der Waals surface area contributed by atoms with Gasteiger partial charge >= 0.3 is 0 Å². The van der Waals surface area contributed by atoms with Gasteiger partial charge in [0.15, 0.2) is 5.65 Å². The molecule has 48 heavy (non-hydrogen) atoms. The number of carbonyl (C=O) groups excluding carboxylic acids is 2. The van der Waals surface area contributed by atoms with Crippen LogP contribution in [0.2, 0.25) is 0 Å². The highest BCUT2D eigenvalue weighted by molar-refractivity contribution is 5.96. The van der Waals surface area contributed by atoms with Crippen LogP contribution in [0.1, 0.15) is 106 Å². The number of aromatic nitrogens is 3. The number of hydrogen-bond acceptors (Lipinski definition) is 8. The van der Waals surface area contributed by atoms with Crippen molar-refractivity contribution >= 4 is 34.2 Å². The molecule has 0 radical (unpaired) electrons. The highest BCUT2D eigenvalue weighted by atomic mass is 16.5. The number of aliphatic hydroxyl groups excluding tert-OH is 1. The minimum atomic E-state index is -0.176. The van der Waals surface area contributed by atoms with Crippen molar-refractivity contribution in [1.29, 1.82) is 0 Å². The Morgan fingerprint density at radius 2 is 1.67 bits per heavy atom. The van der Waals surface area contributed by atoms with E-state index in [1.165, 1.54) is 32.1 Å². The van der Waals surface area contributed by atoms with Gasteiger partial charge in [-0.25, -0.2) is 9.67 Å². The maximum atomic E-state index is 13.2. The van der Waals surface area contributed by atoms with E-state index in [4.69, 9.17) is 14.8 Å². The summed E-state index contributed by atoms with van der Waals surface area (Å²) in [6.45, 7) is 8.70. The molecule has 4 rings (SSSR count). The topological polar surface area (TPSA) is 134 Å². The van der Waals surface area contributed by atoms with Gasteiger partial charge in [0.25, 0.3) is 5.91 Å². The zero-order chi connectivity index (χ0) is 34.1. The number of benzene rings is 1. The Hall–Kier alpha value is -3.54. The van der Waals surface area contributed by atoms with E-state index in [0.29, 0.717) is 24.2 Å². The Balaban J connectivity index is 1.22. The lowest BCUT2D eigenvalue weighted by Crippen LogP contribution is -2.30. The molecule has 0 spiro atoms. The lowest BCUT2D eigenvalue weighted by molar-refractivity contribution is -0.116. The average Bonchev–Trinajstić information content (AvgIpc) is 3.52. The van der Waals surface area contributed by atoms with Crippen molar-refractivity contribution in [2.75, 3.05) is 50.6 Å². The Kier molecular flexibility index (Phi) is 15.6. The molecule has 0 unspecified atom stereocenters. The van der Waals surface area contributed by atoms with Crippen LogP contribution in [0.3, 0.4) is 0 Å². The second-order valence-electron chi connectivity index (χ2n) is 12.9. The number of unbranched alkanes of at least 4 members (excludes halogenated alkanes) is 7. The lowest BCUT2D eigenvalue weighted by atomic mass is 10.0. The Labute approximate surface area is 286 Å². The molecule has 3 heterocycles. The molecule has 0 aliphatic carbocycles. The first-order chi connectivity index (χ1) is 23.4. The van der Waals surface area contributed by atoms with Crippen molar-refractivity contribution in [1.82, 2.24) is 25.0 Å². The zero-order valence-electron chi connectivity index (χ0n) is 29.4. The predicted octanol–water partition coefficient (Wildman–Crippen LogP) is 5.91. The minimum absolute atomic E-state index is 0.00476. The number of fused-ring (bicyclic) bond motifs is 1. The highest BCUT2D eigenvalue weighted by Crippen LogP contribution is 2.31. The summed E-state index contributed by atoms with van der Waals surface area (Å²) in [5, 5.41) is 24.3. The number of likely N-dealkylation sites (N-methyl/N-ethyl adjacent to an activating group) is 1. The molecule has 11 heteroatoms. The Morgan fingerprint density at radius 1 is 0.979 bits per heavy atom. The number of nitrogens with one attached hydrogen (secondary N) is 3. The van der Waals surface area contributed by atoms with E-state index in [9.17, 15) is 9.59 Å². The number of anilines is 2. The summed E-state index contributed by atoms with van der Waals surface area (Å²) in [5.41, 5.74) is 5.02. The van der Waals surface area contributed by atoms with Crippen LogP contribution in [0.4, 0.5) is 11.4 Å². The fourth-order valence-electron chi connectivity index (χ4n) is 6.31. The third kappa shape index (κ3) is 11.3. The first-order valence-corrected chi connectivity index (χ1v) is 18.1. The van der Waals surface area contributed by atoms with E-state index >= 15 is 0 Å². The summed E-state index contributed by atoms with van der Waals surface area (Å²) in [6, 6.07) is 7.37. The largest absolute Gasteiger partial charge is 0.395 e. The van der Waals surface area contributed by atoms with Crippen LogP contribution in [0, 0.1) is 0 Å². The number of rotatable bonds is 21. The summed E-state index contributed by atoms with van der Waals surface area (Å²) < 4.78 is 7.49. The molecule has 11 nitrogen and oxygen atoms in total. The van der Waals surface area contributed by atoms with Gasteiger partial charge in [-0.15, -0.1) is 0 Å². The number of carbonyl (C=O) groups is 2. The highest BCUT2D eigenvalue weighted by Gasteiger charge is 2.22. The van der Waals surface area contributed by atoms with Crippen molar-refractivity contribution in [3.8, 4) is 0 Å². The van der Waals surface area contributed by atoms with Gasteiger partial charge in [-0.2, -0.15) is 5.10 Å². The van der Waals surface area contributed by atoms with E-state index in [1.807, 2.05) is 10.9 Å². The maximum absolute atomic E-state index is 13.2. The quantitative estimate of drug-likeness (QED) is 0.104. The van der Waals surface area contributed by atoms with Crippen molar-refractivity contribution in [3.05, 3.63) is 47.3 Å². The van der Waals surface area contributed by atoms with Gasteiger partial charge in [0.05, 0.1) is 23.9 Å². The van der Waals surface area contributed by atoms with E-state index in [0.717, 1.165) is 99.4 Å². The van der Waals surface area contributed by atoms with Crippen molar-refractivity contribution in [3.63, 3.8) is 0 Å². The second-order valence-corrected chi connectivity index (χ2v) is 12.9. The van der Waals surface area contributed by atoms with Crippen molar-refractivity contribution in [2.45, 2.75) is 110 Å². The zero-order valence-corrected chi connectivity index (χ0v) is 29.4. The lowest BCUT2D eigenvalue weighted by Gasteiger charge is -2.26. The molecule has 264 valence electrons. The molecular weight excluding hydrogens is 606 g/mol. The monoisotopic (exact) mass is 663 g/mol. The van der Waals surface area contributed by atoms with Crippen molar-refractivity contribution < 1.29 is 19.4 Å². The van der Waals surface area contributed by atoms with Gasteiger partial charge in [0.1, 0.15) is 0 Å². The number of ether oxygens (including phenoxy) is 1. The molecule has 1 saturated heterocycles. The van der Waals surface area contributed by atoms with Gasteiger partial charge in [0, 0.05) is 67.8 Å². The summed E-state index contributed by atoms with van der Waals surface area (Å²) in [6.07, 6.45) is 14.1. The summed E-state index contributed by atoms with van der Waals surface area (Å²) in [4.78, 5) is 32.9. The molecule has 0 atom stereocenters. The molecule has 3 aromatic rings. The normalized spacial score (nSPS) is 13.7. The van der Waals surface area contributed by atoms with E-state index in [-0.39, 0.29) is 24.5 Å². The smallest absolute Gasteiger partial charge is 0.251 e. The molecule has 1 fully saturated rings. The first kappa shape index (κ1) is 37.3.